The first-order valence-corrected chi connectivity index (χ1v) is 3.78. The predicted octanol–water partition coefficient (Wildman–Crippen LogP) is 1.71. The van der Waals surface area contributed by atoms with E-state index in [9.17, 15) is 0 Å². The Morgan fingerprint density at radius 2 is 2.38 bits per heavy atom. The molecule has 48 valence electrons. The van der Waals surface area contributed by atoms with Crippen LogP contribution in [0.4, 0.5) is 0 Å². The molecule has 0 fully saturated rings. The highest BCUT2D eigenvalue weighted by Crippen LogP contribution is 1.99. The van der Waals surface area contributed by atoms with E-state index in [-0.39, 0.29) is 6.10 Å². The summed E-state index contributed by atoms with van der Waals surface area (Å²) in [5.41, 5.74) is 0. The Balaban J connectivity index is 2.97. The van der Waals surface area contributed by atoms with Crippen LogP contribution in [0.15, 0.2) is 12.7 Å². The van der Waals surface area contributed by atoms with Gasteiger partial charge < -0.3 is 5.11 Å². The highest BCUT2D eigenvalue weighted by Gasteiger charge is 1.96. The monoisotopic (exact) mass is 178 g/mol. The largest absolute Gasteiger partial charge is 0.392 e. The average molecular weight is 179 g/mol. The van der Waals surface area contributed by atoms with Gasteiger partial charge in [0.05, 0.1) is 6.10 Å². The molecule has 0 bridgehead atoms. The van der Waals surface area contributed by atoms with Crippen LogP contribution in [0.2, 0.25) is 0 Å². The number of hydrogen-bond acceptors (Lipinski definition) is 1. The van der Waals surface area contributed by atoms with Crippen molar-refractivity contribution in [3.05, 3.63) is 12.7 Å². The minimum atomic E-state index is -0.201. The SMILES string of the molecule is C=CCC[C@@H](O)CBr. The third kappa shape index (κ3) is 4.34. The van der Waals surface area contributed by atoms with Crippen LogP contribution in [-0.4, -0.2) is 16.5 Å². The molecule has 0 saturated carbocycles. The minimum absolute atomic E-state index is 0.201. The van der Waals surface area contributed by atoms with Crippen LogP contribution >= 0.6 is 15.9 Å². The number of hydrogen-bond donors (Lipinski definition) is 1. The smallest absolute Gasteiger partial charge is 0.0639 e. The summed E-state index contributed by atoms with van der Waals surface area (Å²) in [5.74, 6) is 0. The molecule has 0 radical (unpaired) electrons. The molecule has 8 heavy (non-hydrogen) atoms. The molecule has 2 heteroatoms. The van der Waals surface area contributed by atoms with E-state index in [1.165, 1.54) is 0 Å². The fourth-order valence-electron chi connectivity index (χ4n) is 0.387. The molecular formula is C6H11BrO. The fraction of sp³-hybridized carbons (Fsp3) is 0.667. The highest BCUT2D eigenvalue weighted by molar-refractivity contribution is 9.09. The predicted molar refractivity (Wildman–Crippen MR) is 39.2 cm³/mol. The second kappa shape index (κ2) is 5.32. The average Bonchev–Trinajstić information content (AvgIpc) is 1.83. The molecule has 0 aliphatic rings. The van der Waals surface area contributed by atoms with Gasteiger partial charge in [0.2, 0.25) is 0 Å². The zero-order valence-corrected chi connectivity index (χ0v) is 6.39. The molecule has 0 rings (SSSR count). The molecule has 1 nitrogen and oxygen atoms in total. The van der Waals surface area contributed by atoms with E-state index in [1.54, 1.807) is 0 Å². The molecule has 1 atom stereocenters. The van der Waals surface area contributed by atoms with Gasteiger partial charge in [-0.2, -0.15) is 0 Å². The Labute approximate surface area is 58.5 Å². The molecule has 0 aromatic carbocycles. The molecule has 0 heterocycles. The molecule has 0 saturated heterocycles. The molecule has 0 spiro atoms. The Morgan fingerprint density at radius 1 is 1.75 bits per heavy atom. The summed E-state index contributed by atoms with van der Waals surface area (Å²) in [5, 5.41) is 9.56. The van der Waals surface area contributed by atoms with Crippen LogP contribution in [0.3, 0.4) is 0 Å². The van der Waals surface area contributed by atoms with E-state index >= 15 is 0 Å². The quantitative estimate of drug-likeness (QED) is 0.514. The maximum Gasteiger partial charge on any atom is 0.0639 e. The van der Waals surface area contributed by atoms with Gasteiger partial charge in [0.25, 0.3) is 0 Å². The second-order valence-corrected chi connectivity index (χ2v) is 2.32. The first-order chi connectivity index (χ1) is 3.81. The van der Waals surface area contributed by atoms with Crippen molar-refractivity contribution < 1.29 is 5.11 Å². The van der Waals surface area contributed by atoms with Crippen LogP contribution in [0, 0.1) is 0 Å². The van der Waals surface area contributed by atoms with E-state index in [4.69, 9.17) is 5.11 Å². The van der Waals surface area contributed by atoms with Gasteiger partial charge in [0.15, 0.2) is 0 Å². The summed E-state index contributed by atoms with van der Waals surface area (Å²) in [4.78, 5) is 0. The molecule has 0 unspecified atom stereocenters. The van der Waals surface area contributed by atoms with Gasteiger partial charge in [-0.15, -0.1) is 6.58 Å². The Hall–Kier alpha value is 0.180. The van der Waals surface area contributed by atoms with Crippen molar-refractivity contribution in [1.82, 2.24) is 0 Å². The minimum Gasteiger partial charge on any atom is -0.392 e. The lowest BCUT2D eigenvalue weighted by Gasteiger charge is -2.01. The Kier molecular flexibility index (Phi) is 5.44. The van der Waals surface area contributed by atoms with Crippen LogP contribution < -0.4 is 0 Å². The van der Waals surface area contributed by atoms with Crippen molar-refractivity contribution in [2.24, 2.45) is 0 Å². The number of aliphatic hydroxyl groups is 1. The number of aliphatic hydroxyl groups excluding tert-OH is 1. The molecule has 0 amide bonds. The summed E-state index contributed by atoms with van der Waals surface area (Å²) < 4.78 is 0. The maximum atomic E-state index is 8.89. The molecule has 0 aromatic heterocycles. The molecular weight excluding hydrogens is 168 g/mol. The zero-order valence-electron chi connectivity index (χ0n) is 4.81. The summed E-state index contributed by atoms with van der Waals surface area (Å²) in [7, 11) is 0. The van der Waals surface area contributed by atoms with Gasteiger partial charge in [0.1, 0.15) is 0 Å². The molecule has 1 N–H and O–H groups in total. The van der Waals surface area contributed by atoms with Gasteiger partial charge in [-0.25, -0.2) is 0 Å². The summed E-state index contributed by atoms with van der Waals surface area (Å²) >= 11 is 3.16. The van der Waals surface area contributed by atoms with Crippen LogP contribution in [0.1, 0.15) is 12.8 Å². The summed E-state index contributed by atoms with van der Waals surface area (Å²) in [6, 6.07) is 0. The van der Waals surface area contributed by atoms with Crippen molar-refractivity contribution in [3.8, 4) is 0 Å². The van der Waals surface area contributed by atoms with Gasteiger partial charge in [-0.3, -0.25) is 0 Å². The first kappa shape index (κ1) is 8.18. The van der Waals surface area contributed by atoms with Crippen molar-refractivity contribution >= 4 is 15.9 Å². The van der Waals surface area contributed by atoms with Gasteiger partial charge in [-0.05, 0) is 12.8 Å². The number of halogens is 1. The maximum absolute atomic E-state index is 8.89. The zero-order chi connectivity index (χ0) is 6.41. The van der Waals surface area contributed by atoms with Crippen molar-refractivity contribution in [2.45, 2.75) is 18.9 Å². The highest BCUT2D eigenvalue weighted by atomic mass is 79.9. The van der Waals surface area contributed by atoms with Gasteiger partial charge >= 0.3 is 0 Å². The number of allylic oxidation sites excluding steroid dienone is 1. The molecule has 0 aliphatic carbocycles. The van der Waals surface area contributed by atoms with Crippen LogP contribution in [-0.2, 0) is 0 Å². The number of rotatable bonds is 4. The molecule has 0 aliphatic heterocycles. The van der Waals surface area contributed by atoms with Crippen molar-refractivity contribution in [1.29, 1.82) is 0 Å². The third-order valence-electron chi connectivity index (χ3n) is 0.882. The lowest BCUT2D eigenvalue weighted by molar-refractivity contribution is 0.192. The first-order valence-electron chi connectivity index (χ1n) is 2.66. The summed E-state index contributed by atoms with van der Waals surface area (Å²) in [6.07, 6.45) is 3.32. The third-order valence-corrected chi connectivity index (χ3v) is 1.63. The fourth-order valence-corrected chi connectivity index (χ4v) is 0.711. The van der Waals surface area contributed by atoms with Gasteiger partial charge in [-0.1, -0.05) is 22.0 Å². The normalized spacial score (nSPS) is 13.2. The lowest BCUT2D eigenvalue weighted by atomic mass is 10.2. The standard InChI is InChI=1S/C6H11BrO/c1-2-3-4-6(8)5-7/h2,6,8H,1,3-5H2/t6-/m1/s1. The van der Waals surface area contributed by atoms with E-state index in [2.05, 4.69) is 22.5 Å². The Morgan fingerprint density at radius 3 is 2.75 bits per heavy atom. The summed E-state index contributed by atoms with van der Waals surface area (Å²) in [6.45, 7) is 3.54. The van der Waals surface area contributed by atoms with E-state index in [0.717, 1.165) is 12.8 Å². The topological polar surface area (TPSA) is 20.2 Å². The van der Waals surface area contributed by atoms with Crippen molar-refractivity contribution in [3.63, 3.8) is 0 Å². The van der Waals surface area contributed by atoms with E-state index < -0.39 is 0 Å². The lowest BCUT2D eigenvalue weighted by Crippen LogP contribution is -2.05. The van der Waals surface area contributed by atoms with Crippen molar-refractivity contribution in [2.75, 3.05) is 5.33 Å². The van der Waals surface area contributed by atoms with E-state index in [0.29, 0.717) is 5.33 Å². The van der Waals surface area contributed by atoms with Crippen LogP contribution in [0.25, 0.3) is 0 Å². The Bertz CT molecular complexity index is 63.5. The van der Waals surface area contributed by atoms with Crippen LogP contribution in [0.5, 0.6) is 0 Å². The van der Waals surface area contributed by atoms with E-state index in [1.807, 2.05) is 6.08 Å². The second-order valence-electron chi connectivity index (χ2n) is 1.67. The molecule has 0 aromatic rings. The number of alkyl halides is 1. The van der Waals surface area contributed by atoms with Gasteiger partial charge in [0, 0.05) is 5.33 Å².